The monoisotopic (exact) mass is 231 g/mol. The molecule has 0 atom stereocenters. The molecule has 0 fully saturated rings. The number of methoxy groups -OCH3 is 1. The van der Waals surface area contributed by atoms with Gasteiger partial charge in [0.25, 0.3) is 0 Å². The summed E-state index contributed by atoms with van der Waals surface area (Å²) in [6.45, 7) is 3.90. The first-order chi connectivity index (χ1) is 8.08. The Morgan fingerprint density at radius 1 is 1.47 bits per heavy atom. The highest BCUT2D eigenvalue weighted by Gasteiger charge is 2.08. The van der Waals surface area contributed by atoms with Crippen molar-refractivity contribution in [2.45, 2.75) is 13.8 Å². The minimum absolute atomic E-state index is 0.0537. The second-order valence-electron chi connectivity index (χ2n) is 3.57. The third-order valence-corrected chi connectivity index (χ3v) is 2.26. The van der Waals surface area contributed by atoms with Gasteiger partial charge in [0.2, 0.25) is 0 Å². The first-order valence-electron chi connectivity index (χ1n) is 5.01. The van der Waals surface area contributed by atoms with Gasteiger partial charge < -0.3 is 4.74 Å². The number of hydrogen-bond donors (Lipinski definition) is 0. The Balaban J connectivity index is 3.21. The highest BCUT2D eigenvalue weighted by molar-refractivity contribution is 5.93. The fourth-order valence-corrected chi connectivity index (χ4v) is 1.42. The molecule has 0 spiro atoms. The third kappa shape index (κ3) is 3.36. The van der Waals surface area contributed by atoms with E-state index in [1.807, 2.05) is 32.0 Å². The number of azide groups is 1. The lowest BCUT2D eigenvalue weighted by molar-refractivity contribution is -0.136. The number of aryl methyl sites for hydroxylation is 2. The molecule has 0 aliphatic heterocycles. The minimum atomic E-state index is -0.650. The average molecular weight is 231 g/mol. The van der Waals surface area contributed by atoms with Crippen molar-refractivity contribution in [1.82, 2.24) is 0 Å². The molecule has 17 heavy (non-hydrogen) atoms. The molecule has 0 saturated carbocycles. The number of rotatable bonds is 3. The van der Waals surface area contributed by atoms with Crippen LogP contribution in [-0.2, 0) is 9.53 Å². The molecule has 5 heteroatoms. The molecule has 0 aliphatic rings. The Hall–Kier alpha value is -2.26. The molecule has 0 bridgehead atoms. The van der Waals surface area contributed by atoms with Crippen LogP contribution in [0, 0.1) is 13.8 Å². The number of esters is 1. The van der Waals surface area contributed by atoms with Crippen LogP contribution < -0.4 is 0 Å². The molecular weight excluding hydrogens is 218 g/mol. The minimum Gasteiger partial charge on any atom is -0.466 e. The van der Waals surface area contributed by atoms with Crippen molar-refractivity contribution in [2.24, 2.45) is 5.11 Å². The van der Waals surface area contributed by atoms with Gasteiger partial charge >= 0.3 is 5.97 Å². The van der Waals surface area contributed by atoms with Gasteiger partial charge in [-0.15, -0.1) is 0 Å². The number of carbonyl (C=O) groups is 1. The first-order valence-corrected chi connectivity index (χ1v) is 5.01. The Labute approximate surface area is 99.3 Å². The summed E-state index contributed by atoms with van der Waals surface area (Å²) in [7, 11) is 1.24. The van der Waals surface area contributed by atoms with Crippen LogP contribution in [0.25, 0.3) is 16.5 Å². The lowest BCUT2D eigenvalue weighted by atomic mass is 10.0. The summed E-state index contributed by atoms with van der Waals surface area (Å²) in [6.07, 6.45) is 1.51. The van der Waals surface area contributed by atoms with E-state index in [0.717, 1.165) is 16.7 Å². The van der Waals surface area contributed by atoms with Crippen molar-refractivity contribution in [3.8, 4) is 0 Å². The molecular formula is C12H13N3O2. The fraction of sp³-hybridized carbons (Fsp3) is 0.250. The average Bonchev–Trinajstić information content (AvgIpc) is 2.30. The second kappa shape index (κ2) is 5.72. The molecule has 5 nitrogen and oxygen atoms in total. The Kier molecular flexibility index (Phi) is 4.31. The summed E-state index contributed by atoms with van der Waals surface area (Å²) >= 11 is 0. The van der Waals surface area contributed by atoms with E-state index >= 15 is 0 Å². The molecule has 88 valence electrons. The topological polar surface area (TPSA) is 75.1 Å². The highest BCUT2D eigenvalue weighted by Crippen LogP contribution is 2.15. The summed E-state index contributed by atoms with van der Waals surface area (Å²) in [5.74, 6) is -0.650. The summed E-state index contributed by atoms with van der Waals surface area (Å²) in [5.41, 5.74) is 11.3. The van der Waals surface area contributed by atoms with E-state index in [1.54, 1.807) is 0 Å². The molecule has 1 aromatic rings. The number of nitrogens with zero attached hydrogens (tertiary/aromatic N) is 3. The van der Waals surface area contributed by atoms with Gasteiger partial charge in [-0.05, 0) is 36.6 Å². The molecule has 0 aromatic heterocycles. The molecule has 1 rings (SSSR count). The maximum absolute atomic E-state index is 11.3. The maximum atomic E-state index is 11.3. The van der Waals surface area contributed by atoms with Crippen LogP contribution in [0.15, 0.2) is 29.0 Å². The zero-order chi connectivity index (χ0) is 12.8. The molecule has 0 aliphatic carbocycles. The van der Waals surface area contributed by atoms with Gasteiger partial charge in [-0.3, -0.25) is 0 Å². The van der Waals surface area contributed by atoms with E-state index in [0.29, 0.717) is 0 Å². The number of hydrogen-bond acceptors (Lipinski definition) is 3. The lowest BCUT2D eigenvalue weighted by Gasteiger charge is -2.03. The number of carbonyl (C=O) groups excluding carboxylic acids is 1. The summed E-state index contributed by atoms with van der Waals surface area (Å²) in [6, 6.07) is 5.77. The van der Waals surface area contributed by atoms with E-state index < -0.39 is 5.97 Å². The van der Waals surface area contributed by atoms with Gasteiger partial charge in [-0.2, -0.15) is 0 Å². The van der Waals surface area contributed by atoms with E-state index in [4.69, 9.17) is 5.53 Å². The van der Waals surface area contributed by atoms with Crippen LogP contribution in [0.2, 0.25) is 0 Å². The Morgan fingerprint density at radius 3 is 2.71 bits per heavy atom. The zero-order valence-electron chi connectivity index (χ0n) is 9.97. The summed E-state index contributed by atoms with van der Waals surface area (Å²) < 4.78 is 4.53. The van der Waals surface area contributed by atoms with Gasteiger partial charge in [0.05, 0.1) is 7.11 Å². The van der Waals surface area contributed by atoms with Gasteiger partial charge in [0, 0.05) is 4.91 Å². The Bertz CT molecular complexity index is 514. The molecule has 0 unspecified atom stereocenters. The molecule has 0 N–H and O–H groups in total. The van der Waals surface area contributed by atoms with E-state index in [1.165, 1.54) is 13.2 Å². The number of ether oxygens (including phenoxy) is 1. The normalized spacial score (nSPS) is 10.6. The van der Waals surface area contributed by atoms with Gasteiger partial charge in [-0.1, -0.05) is 28.9 Å². The first kappa shape index (κ1) is 12.8. The number of benzene rings is 1. The molecule has 0 saturated heterocycles. The van der Waals surface area contributed by atoms with Crippen molar-refractivity contribution < 1.29 is 9.53 Å². The van der Waals surface area contributed by atoms with Crippen molar-refractivity contribution >= 4 is 12.0 Å². The van der Waals surface area contributed by atoms with Crippen LogP contribution in [0.4, 0.5) is 0 Å². The fourth-order valence-electron chi connectivity index (χ4n) is 1.42. The van der Waals surface area contributed by atoms with Gasteiger partial charge in [0.1, 0.15) is 5.70 Å². The highest BCUT2D eigenvalue weighted by atomic mass is 16.5. The van der Waals surface area contributed by atoms with Crippen molar-refractivity contribution in [3.63, 3.8) is 0 Å². The van der Waals surface area contributed by atoms with Crippen LogP contribution in [0.1, 0.15) is 16.7 Å². The molecule has 1 aromatic carbocycles. The van der Waals surface area contributed by atoms with Crippen LogP contribution in [0.5, 0.6) is 0 Å². The van der Waals surface area contributed by atoms with E-state index in [-0.39, 0.29) is 5.70 Å². The molecule has 0 radical (unpaired) electrons. The standard InChI is InChI=1S/C12H13N3O2/c1-8-4-5-10(9(2)6-8)7-11(14-15-13)12(16)17-3/h4-7H,1-3H3/b11-7+. The zero-order valence-corrected chi connectivity index (χ0v) is 9.97. The second-order valence-corrected chi connectivity index (χ2v) is 3.57. The quantitative estimate of drug-likeness (QED) is 0.263. The predicted octanol–water partition coefficient (Wildman–Crippen LogP) is 3.13. The molecule has 0 heterocycles. The third-order valence-electron chi connectivity index (χ3n) is 2.26. The maximum Gasteiger partial charge on any atom is 0.340 e. The van der Waals surface area contributed by atoms with Crippen molar-refractivity contribution in [1.29, 1.82) is 0 Å². The van der Waals surface area contributed by atoms with Gasteiger partial charge in [-0.25, -0.2) is 4.79 Å². The van der Waals surface area contributed by atoms with E-state index in [2.05, 4.69) is 14.8 Å². The van der Waals surface area contributed by atoms with E-state index in [9.17, 15) is 4.79 Å². The largest absolute Gasteiger partial charge is 0.466 e. The van der Waals surface area contributed by atoms with Crippen molar-refractivity contribution in [3.05, 3.63) is 51.0 Å². The Morgan fingerprint density at radius 2 is 2.18 bits per heavy atom. The van der Waals surface area contributed by atoms with Crippen molar-refractivity contribution in [2.75, 3.05) is 7.11 Å². The lowest BCUT2D eigenvalue weighted by Crippen LogP contribution is -2.02. The van der Waals surface area contributed by atoms with Crippen LogP contribution in [0.3, 0.4) is 0 Å². The summed E-state index contributed by atoms with van der Waals surface area (Å²) in [4.78, 5) is 13.9. The summed E-state index contributed by atoms with van der Waals surface area (Å²) in [5, 5.41) is 3.32. The van der Waals surface area contributed by atoms with Gasteiger partial charge in [0.15, 0.2) is 0 Å². The van der Waals surface area contributed by atoms with Crippen LogP contribution >= 0.6 is 0 Å². The van der Waals surface area contributed by atoms with Crippen LogP contribution in [-0.4, -0.2) is 13.1 Å². The SMILES string of the molecule is COC(=O)/C(=C\c1ccc(C)cc1C)N=[N+]=[N-]. The smallest absolute Gasteiger partial charge is 0.340 e. The molecule has 0 amide bonds. The predicted molar refractivity (Wildman–Crippen MR) is 65.1 cm³/mol.